The molecule has 2 aromatic carbocycles. The fraction of sp³-hybridized carbons (Fsp3) is 0.278. The summed E-state index contributed by atoms with van der Waals surface area (Å²) in [5.41, 5.74) is 0.685. The average molecular weight is 416 g/mol. The Balaban J connectivity index is 2.06. The molecule has 0 aromatic heterocycles. The Morgan fingerprint density at radius 2 is 1.76 bits per heavy atom. The number of amides is 1. The molecule has 0 unspecified atom stereocenters. The van der Waals surface area contributed by atoms with Gasteiger partial charge in [0.2, 0.25) is 0 Å². The quantitative estimate of drug-likeness (QED) is 0.690. The zero-order valence-corrected chi connectivity index (χ0v) is 15.4. The molecule has 2 atom stereocenters. The predicted octanol–water partition coefficient (Wildman–Crippen LogP) is 3.91. The van der Waals surface area contributed by atoms with Crippen LogP contribution in [0, 0.1) is 17.5 Å². The standard InChI is InChI=1S/C18H18BrF3N2O/c1-3-14(11-4-6-12(19)7-5-11)23-10(2)18(25)24-15-9-8-13(20)16(21)17(15)22/h4-10,14,23H,3H2,1-2H3,(H,24,25)/p+1/t10-,14+/m1/s1. The van der Waals surface area contributed by atoms with Gasteiger partial charge in [0.1, 0.15) is 6.04 Å². The lowest BCUT2D eigenvalue weighted by Crippen LogP contribution is -2.92. The molecule has 3 N–H and O–H groups in total. The van der Waals surface area contributed by atoms with Crippen LogP contribution < -0.4 is 10.6 Å². The lowest BCUT2D eigenvalue weighted by Gasteiger charge is -2.19. The first-order chi connectivity index (χ1) is 11.8. The van der Waals surface area contributed by atoms with Gasteiger partial charge in [-0.15, -0.1) is 0 Å². The number of rotatable bonds is 6. The lowest BCUT2D eigenvalue weighted by atomic mass is 10.0. The highest BCUT2D eigenvalue weighted by Crippen LogP contribution is 2.20. The van der Waals surface area contributed by atoms with Gasteiger partial charge in [0.25, 0.3) is 5.91 Å². The highest BCUT2D eigenvalue weighted by molar-refractivity contribution is 9.10. The van der Waals surface area contributed by atoms with Gasteiger partial charge >= 0.3 is 0 Å². The molecule has 25 heavy (non-hydrogen) atoms. The Morgan fingerprint density at radius 3 is 2.36 bits per heavy atom. The van der Waals surface area contributed by atoms with Crippen molar-refractivity contribution in [1.29, 1.82) is 0 Å². The van der Waals surface area contributed by atoms with E-state index in [1.807, 2.05) is 36.5 Å². The number of carbonyl (C=O) groups excluding carboxylic acids is 1. The van der Waals surface area contributed by atoms with Crippen LogP contribution >= 0.6 is 15.9 Å². The molecule has 0 fully saturated rings. The number of nitrogens with one attached hydrogen (secondary N) is 1. The van der Waals surface area contributed by atoms with Crippen molar-refractivity contribution in [3.8, 4) is 0 Å². The Hall–Kier alpha value is -1.86. The average Bonchev–Trinajstić information content (AvgIpc) is 2.60. The topological polar surface area (TPSA) is 45.7 Å². The van der Waals surface area contributed by atoms with Crippen molar-refractivity contribution in [2.24, 2.45) is 0 Å². The van der Waals surface area contributed by atoms with Crippen molar-refractivity contribution in [1.82, 2.24) is 0 Å². The highest BCUT2D eigenvalue weighted by atomic mass is 79.9. The zero-order chi connectivity index (χ0) is 18.6. The van der Waals surface area contributed by atoms with E-state index in [0.717, 1.165) is 28.6 Å². The molecule has 0 aliphatic rings. The first kappa shape index (κ1) is 19.5. The summed E-state index contributed by atoms with van der Waals surface area (Å²) in [4.78, 5) is 12.3. The first-order valence-corrected chi connectivity index (χ1v) is 8.67. The monoisotopic (exact) mass is 415 g/mol. The first-order valence-electron chi connectivity index (χ1n) is 7.88. The van der Waals surface area contributed by atoms with E-state index in [1.54, 1.807) is 6.92 Å². The van der Waals surface area contributed by atoms with E-state index in [1.165, 1.54) is 0 Å². The normalized spacial score (nSPS) is 13.4. The van der Waals surface area contributed by atoms with Crippen LogP contribution in [0.5, 0.6) is 0 Å². The number of halogens is 4. The summed E-state index contributed by atoms with van der Waals surface area (Å²) in [6, 6.07) is 9.07. The molecular weight excluding hydrogens is 397 g/mol. The molecule has 0 saturated heterocycles. The molecule has 0 heterocycles. The SMILES string of the molecule is CC[C@H]([NH2+][C@H](C)C(=O)Nc1ccc(F)c(F)c1F)c1ccc(Br)cc1. The van der Waals surface area contributed by atoms with E-state index < -0.39 is 29.4 Å². The van der Waals surface area contributed by atoms with Crippen LogP contribution in [0.1, 0.15) is 31.9 Å². The smallest absolute Gasteiger partial charge is 0.282 e. The van der Waals surface area contributed by atoms with E-state index in [2.05, 4.69) is 21.2 Å². The van der Waals surface area contributed by atoms with Gasteiger partial charge in [-0.05, 0) is 31.2 Å². The molecule has 0 radical (unpaired) electrons. The molecular formula is C18H19BrF3N2O+. The molecule has 2 rings (SSSR count). The second-order valence-electron chi connectivity index (χ2n) is 5.76. The highest BCUT2D eigenvalue weighted by Gasteiger charge is 2.24. The van der Waals surface area contributed by atoms with Crippen LogP contribution in [-0.2, 0) is 4.79 Å². The maximum atomic E-state index is 13.7. The van der Waals surface area contributed by atoms with Gasteiger partial charge in [0.15, 0.2) is 23.5 Å². The fourth-order valence-corrected chi connectivity index (χ4v) is 2.76. The number of benzene rings is 2. The molecule has 0 aliphatic carbocycles. The minimum atomic E-state index is -1.60. The second kappa shape index (κ2) is 8.49. The van der Waals surface area contributed by atoms with Gasteiger partial charge in [-0.2, -0.15) is 0 Å². The van der Waals surface area contributed by atoms with Crippen LogP contribution in [-0.4, -0.2) is 11.9 Å². The summed E-state index contributed by atoms with van der Waals surface area (Å²) in [5.74, 6) is -4.78. The molecule has 0 saturated carbocycles. The summed E-state index contributed by atoms with van der Waals surface area (Å²) in [6.07, 6.45) is 0.790. The summed E-state index contributed by atoms with van der Waals surface area (Å²) in [6.45, 7) is 3.68. The van der Waals surface area contributed by atoms with Gasteiger partial charge in [-0.25, -0.2) is 13.2 Å². The fourth-order valence-electron chi connectivity index (χ4n) is 2.50. The van der Waals surface area contributed by atoms with Gasteiger partial charge in [0, 0.05) is 16.5 Å². The number of carbonyl (C=O) groups is 1. The van der Waals surface area contributed by atoms with Crippen molar-refractivity contribution in [2.75, 3.05) is 5.32 Å². The minimum absolute atomic E-state index is 0.0450. The molecule has 134 valence electrons. The summed E-state index contributed by atoms with van der Waals surface area (Å²) in [7, 11) is 0. The Morgan fingerprint density at radius 1 is 1.12 bits per heavy atom. The number of anilines is 1. The predicted molar refractivity (Wildman–Crippen MR) is 93.5 cm³/mol. The second-order valence-corrected chi connectivity index (χ2v) is 6.68. The molecule has 2 aromatic rings. The number of hydrogen-bond donors (Lipinski definition) is 2. The number of hydrogen-bond acceptors (Lipinski definition) is 1. The molecule has 0 spiro atoms. The third-order valence-electron chi connectivity index (χ3n) is 3.97. The van der Waals surface area contributed by atoms with Crippen LogP contribution in [0.25, 0.3) is 0 Å². The third-order valence-corrected chi connectivity index (χ3v) is 4.49. The number of quaternary nitrogens is 1. The summed E-state index contributed by atoms with van der Waals surface area (Å²) < 4.78 is 40.8. The largest absolute Gasteiger partial charge is 0.330 e. The Labute approximate surface area is 152 Å². The van der Waals surface area contributed by atoms with Gasteiger partial charge < -0.3 is 10.6 Å². The third kappa shape index (κ3) is 4.83. The van der Waals surface area contributed by atoms with E-state index >= 15 is 0 Å². The van der Waals surface area contributed by atoms with Crippen LogP contribution in [0.15, 0.2) is 40.9 Å². The van der Waals surface area contributed by atoms with Crippen molar-refractivity contribution in [3.05, 3.63) is 63.9 Å². The van der Waals surface area contributed by atoms with Crippen LogP contribution in [0.2, 0.25) is 0 Å². The molecule has 3 nitrogen and oxygen atoms in total. The van der Waals surface area contributed by atoms with E-state index in [9.17, 15) is 18.0 Å². The maximum Gasteiger partial charge on any atom is 0.282 e. The molecule has 1 amide bonds. The molecule has 7 heteroatoms. The van der Waals surface area contributed by atoms with Crippen LogP contribution in [0.3, 0.4) is 0 Å². The van der Waals surface area contributed by atoms with Gasteiger partial charge in [-0.1, -0.05) is 35.0 Å². The van der Waals surface area contributed by atoms with E-state index in [4.69, 9.17) is 0 Å². The molecule has 0 aliphatic heterocycles. The van der Waals surface area contributed by atoms with Crippen molar-refractivity contribution >= 4 is 27.5 Å². The van der Waals surface area contributed by atoms with Crippen molar-refractivity contribution < 1.29 is 23.3 Å². The van der Waals surface area contributed by atoms with Crippen molar-refractivity contribution in [3.63, 3.8) is 0 Å². The van der Waals surface area contributed by atoms with Gasteiger partial charge in [0.05, 0.1) is 5.69 Å². The Kier molecular flexibility index (Phi) is 6.61. The van der Waals surface area contributed by atoms with Crippen molar-refractivity contribution in [2.45, 2.75) is 32.4 Å². The van der Waals surface area contributed by atoms with E-state index in [-0.39, 0.29) is 11.7 Å². The number of nitrogens with two attached hydrogens (primary N) is 1. The lowest BCUT2D eigenvalue weighted by molar-refractivity contribution is -0.713. The van der Waals surface area contributed by atoms with Crippen LogP contribution in [0.4, 0.5) is 18.9 Å². The van der Waals surface area contributed by atoms with Gasteiger partial charge in [-0.3, -0.25) is 4.79 Å². The zero-order valence-electron chi connectivity index (χ0n) is 13.8. The Bertz CT molecular complexity index is 753. The summed E-state index contributed by atoms with van der Waals surface area (Å²) >= 11 is 3.38. The van der Waals surface area contributed by atoms with E-state index in [0.29, 0.717) is 0 Å². The summed E-state index contributed by atoms with van der Waals surface area (Å²) in [5, 5.41) is 4.17. The minimum Gasteiger partial charge on any atom is -0.330 e. The maximum absolute atomic E-state index is 13.7. The molecule has 0 bridgehead atoms.